The molecule has 354 valence electrons. The molecule has 9 aliphatic rings. The molecule has 3 fully saturated rings. The highest BCUT2D eigenvalue weighted by atomic mass is 16.5. The normalized spacial score (nSPS) is 30.0. The Morgan fingerprint density at radius 1 is 0.301 bits per heavy atom. The maximum absolute atomic E-state index is 7.21. The van der Waals surface area contributed by atoms with Crippen molar-refractivity contribution in [3.63, 3.8) is 0 Å². The average Bonchev–Trinajstić information content (AvgIpc) is 4.15. The van der Waals surface area contributed by atoms with E-state index in [1.165, 1.54) is 43.1 Å². The van der Waals surface area contributed by atoms with E-state index in [9.17, 15) is 0 Å². The molecule has 0 saturated carbocycles. The molecule has 0 N–H and O–H groups in total. The summed E-state index contributed by atoms with van der Waals surface area (Å²) in [5.74, 6) is 1.38. The van der Waals surface area contributed by atoms with Crippen LogP contribution < -0.4 is 30.7 Å². The summed E-state index contributed by atoms with van der Waals surface area (Å²) in [5.41, 5.74) is 11.7. The third kappa shape index (κ3) is 7.16. The molecule has 6 aliphatic carbocycles. The first-order valence-electron chi connectivity index (χ1n) is 26.2. The molecular weight excluding hydrogens is 893 g/mol. The van der Waals surface area contributed by atoms with Gasteiger partial charge < -0.3 is 24.0 Å². The minimum absolute atomic E-state index is 0.0259. The Morgan fingerprint density at radius 3 is 1.11 bits per heavy atom. The first-order chi connectivity index (χ1) is 36.2. The van der Waals surface area contributed by atoms with E-state index in [-0.39, 0.29) is 72.1 Å². The molecule has 3 saturated heterocycles. The van der Waals surface area contributed by atoms with Crippen LogP contribution in [0, 0.1) is 35.5 Å². The van der Waals surface area contributed by atoms with E-state index in [1.54, 1.807) is 0 Å². The predicted molar refractivity (Wildman–Crippen MR) is 295 cm³/mol. The van der Waals surface area contributed by atoms with Crippen molar-refractivity contribution in [1.82, 2.24) is 0 Å². The molecule has 0 radical (unpaired) electrons. The Hall–Kier alpha value is -7.80. The number of ether oxygens (including phenoxy) is 3. The Balaban J connectivity index is 0.736. The van der Waals surface area contributed by atoms with E-state index in [4.69, 9.17) is 14.2 Å². The van der Waals surface area contributed by atoms with E-state index in [0.717, 1.165) is 34.1 Å². The molecule has 5 nitrogen and oxygen atoms in total. The first-order valence-corrected chi connectivity index (χ1v) is 26.2. The molecule has 0 aromatic heterocycles. The molecule has 6 aromatic carbocycles. The second-order valence-corrected chi connectivity index (χ2v) is 20.8. The summed E-state index contributed by atoms with van der Waals surface area (Å²) in [4.78, 5) is 4.83. The number of para-hydroxylation sites is 2. The van der Waals surface area contributed by atoms with Gasteiger partial charge in [-0.2, -0.15) is 0 Å². The molecule has 12 unspecified atom stereocenters. The van der Waals surface area contributed by atoms with Gasteiger partial charge >= 0.3 is 0 Å². The van der Waals surface area contributed by atoms with Gasteiger partial charge in [0.15, 0.2) is 0 Å². The van der Waals surface area contributed by atoms with E-state index < -0.39 is 0 Å². The van der Waals surface area contributed by atoms with Crippen LogP contribution in [0.4, 0.5) is 22.7 Å². The fraction of sp³-hybridized carbons (Fsp3) is 0.176. The van der Waals surface area contributed by atoms with Crippen molar-refractivity contribution in [3.8, 4) is 0 Å². The van der Waals surface area contributed by atoms with Crippen molar-refractivity contribution in [2.75, 3.05) is 9.80 Å². The smallest absolute Gasteiger partial charge is 0.106 e. The number of nitrogens with zero attached hydrogens (tertiary/aromatic N) is 2. The van der Waals surface area contributed by atoms with E-state index in [1.807, 2.05) is 0 Å². The number of hydrogen-bond donors (Lipinski definition) is 0. The van der Waals surface area contributed by atoms with Gasteiger partial charge in [0.25, 0.3) is 0 Å². The van der Waals surface area contributed by atoms with Gasteiger partial charge in [0, 0.05) is 58.3 Å². The van der Waals surface area contributed by atoms with E-state index in [0.29, 0.717) is 0 Å². The lowest BCUT2D eigenvalue weighted by Crippen LogP contribution is -2.38. The lowest BCUT2D eigenvalue weighted by atomic mass is 9.78. The van der Waals surface area contributed by atoms with Gasteiger partial charge in [0.2, 0.25) is 0 Å². The fourth-order valence-corrected chi connectivity index (χ4v) is 13.5. The molecule has 73 heavy (non-hydrogen) atoms. The van der Waals surface area contributed by atoms with Crippen molar-refractivity contribution < 1.29 is 14.2 Å². The highest BCUT2D eigenvalue weighted by molar-refractivity contribution is 5.77. The third-order valence-electron chi connectivity index (χ3n) is 16.9. The highest BCUT2D eigenvalue weighted by Crippen LogP contribution is 2.51. The summed E-state index contributed by atoms with van der Waals surface area (Å²) in [5, 5.41) is 4.89. The van der Waals surface area contributed by atoms with Crippen molar-refractivity contribution in [2.24, 2.45) is 35.5 Å². The summed E-state index contributed by atoms with van der Waals surface area (Å²) in [6.07, 6.45) is 36.7. The quantitative estimate of drug-likeness (QED) is 0.152. The zero-order chi connectivity index (χ0) is 48.0. The Bertz CT molecular complexity index is 3460. The van der Waals surface area contributed by atoms with Gasteiger partial charge in [0.05, 0.1) is 35.8 Å². The molecule has 0 spiro atoms. The minimum Gasteiger partial charge on any atom is -0.366 e. The number of hydrogen-bond acceptors (Lipinski definition) is 5. The Morgan fingerprint density at radius 2 is 0.685 bits per heavy atom. The third-order valence-corrected chi connectivity index (χ3v) is 16.9. The van der Waals surface area contributed by atoms with Crippen LogP contribution in [-0.2, 0) is 14.2 Å². The van der Waals surface area contributed by atoms with Gasteiger partial charge in [-0.3, -0.25) is 0 Å². The lowest BCUT2D eigenvalue weighted by Gasteiger charge is -2.34. The van der Waals surface area contributed by atoms with E-state index in [2.05, 4.69) is 265 Å². The number of rotatable bonds is 8. The monoisotopic (exact) mass is 946 g/mol. The Kier molecular flexibility index (Phi) is 10.2. The van der Waals surface area contributed by atoms with Gasteiger partial charge in [-0.1, -0.05) is 182 Å². The van der Waals surface area contributed by atoms with Crippen molar-refractivity contribution in [3.05, 3.63) is 274 Å². The number of allylic oxidation sites excluding steroid dienone is 8. The summed E-state index contributed by atoms with van der Waals surface area (Å²) < 4.78 is 21.5. The number of benzene rings is 6. The molecule has 6 aromatic rings. The van der Waals surface area contributed by atoms with Crippen LogP contribution in [0.3, 0.4) is 0 Å². The molecule has 0 amide bonds. The van der Waals surface area contributed by atoms with Gasteiger partial charge in [-0.15, -0.1) is 0 Å². The molecule has 5 heteroatoms. The van der Waals surface area contributed by atoms with Gasteiger partial charge in [0.1, 0.15) is 12.2 Å². The molecule has 0 bridgehead atoms. The number of anilines is 4. The van der Waals surface area contributed by atoms with Crippen LogP contribution >= 0.6 is 0 Å². The van der Waals surface area contributed by atoms with Crippen LogP contribution in [0.15, 0.2) is 242 Å². The highest BCUT2D eigenvalue weighted by Gasteiger charge is 2.50. The zero-order valence-corrected chi connectivity index (χ0v) is 40.3. The van der Waals surface area contributed by atoms with Crippen LogP contribution in [-0.4, -0.2) is 36.6 Å². The minimum atomic E-state index is -0.114. The summed E-state index contributed by atoms with van der Waals surface area (Å²) in [6.45, 7) is 0. The molecule has 3 aliphatic heterocycles. The predicted octanol–water partition coefficient (Wildman–Crippen LogP) is 11.0. The second kappa shape index (κ2) is 17.5. The SMILES string of the molecule is C1=CC2C(OC3C(N(c4ccccc4)c4ccc5c(c4)=CC4OC6C=c7cc(N(C8=CC=CC9C8OC8C(c%10ccccc%10)=CC=CC89)c8ccccc8)ccc7=CC6C4C=5)=CC=CC32)C(c2ccccc2)=C1. The standard InChI is InChI=1S/C68H54N2O3/c1-5-17-43(18-6-1)53-25-13-27-55-57-29-15-31-61(67(57)72-65(53)55)69(49-21-9-3-10-22-49)51-35-33-45-39-59-60-40-46-34-36-52(38-48(46)42-64(60)71-63(59)41-47(45)37-51)70(50-23-11-4-12-24-50)62-32-16-30-58-56-28-14-26-54(66(56)73-68(58)62)44-19-7-2-8-20-44/h1-42,55-60,63-68H. The van der Waals surface area contributed by atoms with Crippen LogP contribution in [0.2, 0.25) is 0 Å². The second-order valence-electron chi connectivity index (χ2n) is 20.8. The van der Waals surface area contributed by atoms with Crippen molar-refractivity contribution in [1.29, 1.82) is 0 Å². The van der Waals surface area contributed by atoms with Crippen LogP contribution in [0.1, 0.15) is 11.1 Å². The van der Waals surface area contributed by atoms with Gasteiger partial charge in [-0.05, 0) is 116 Å². The van der Waals surface area contributed by atoms with Crippen molar-refractivity contribution >= 4 is 58.2 Å². The van der Waals surface area contributed by atoms with Crippen LogP contribution in [0.5, 0.6) is 0 Å². The Labute approximate surface area is 426 Å². The lowest BCUT2D eigenvalue weighted by molar-refractivity contribution is 0.0858. The summed E-state index contributed by atoms with van der Waals surface area (Å²) in [6, 6.07) is 56.9. The number of fused-ring (bicyclic) bond motifs is 11. The zero-order valence-electron chi connectivity index (χ0n) is 40.3. The topological polar surface area (TPSA) is 34.2 Å². The molecular formula is C68H54N2O3. The van der Waals surface area contributed by atoms with E-state index >= 15 is 0 Å². The molecule has 15 rings (SSSR count). The maximum atomic E-state index is 7.21. The maximum Gasteiger partial charge on any atom is 0.106 e. The largest absolute Gasteiger partial charge is 0.366 e. The summed E-state index contributed by atoms with van der Waals surface area (Å²) in [7, 11) is 0. The fourth-order valence-electron chi connectivity index (χ4n) is 13.5. The molecule has 12 atom stereocenters. The summed E-state index contributed by atoms with van der Waals surface area (Å²) >= 11 is 0. The van der Waals surface area contributed by atoms with Crippen molar-refractivity contribution in [2.45, 2.75) is 36.6 Å². The average molecular weight is 947 g/mol. The van der Waals surface area contributed by atoms with Crippen LogP contribution in [0.25, 0.3) is 35.5 Å². The molecule has 3 heterocycles. The first kappa shape index (κ1) is 42.8. The van der Waals surface area contributed by atoms with Gasteiger partial charge in [-0.25, -0.2) is 0 Å².